The van der Waals surface area contributed by atoms with E-state index < -0.39 is 0 Å². The van der Waals surface area contributed by atoms with Crippen molar-refractivity contribution in [3.8, 4) is 0 Å². The molecule has 0 bridgehead atoms. The van der Waals surface area contributed by atoms with Crippen LogP contribution in [0.3, 0.4) is 0 Å². The van der Waals surface area contributed by atoms with E-state index in [9.17, 15) is 4.79 Å². The van der Waals surface area contributed by atoms with E-state index in [1.807, 2.05) is 25.9 Å². The highest BCUT2D eigenvalue weighted by Crippen LogP contribution is 2.24. The van der Waals surface area contributed by atoms with Gasteiger partial charge in [0.2, 0.25) is 0 Å². The molecule has 1 rings (SSSR count). The summed E-state index contributed by atoms with van der Waals surface area (Å²) >= 11 is 1.29. The number of likely N-dealkylation sites (N-methyl/N-ethyl adjacent to an activating group) is 1. The second-order valence-electron chi connectivity index (χ2n) is 4.68. The van der Waals surface area contributed by atoms with Gasteiger partial charge in [-0.05, 0) is 27.4 Å². The second-order valence-corrected chi connectivity index (χ2v) is 5.68. The first-order valence-corrected chi connectivity index (χ1v) is 7.22. The third kappa shape index (κ3) is 4.68. The fourth-order valence-corrected chi connectivity index (χ4v) is 2.13. The Kier molecular flexibility index (Phi) is 6.04. The number of nitrogens with two attached hydrogens (primary N) is 1. The molecule has 1 aromatic rings. The van der Waals surface area contributed by atoms with Crippen LogP contribution >= 0.6 is 11.3 Å². The van der Waals surface area contributed by atoms with Crippen molar-refractivity contribution < 1.29 is 4.79 Å². The number of aromatic nitrogens is 1. The molecule has 0 aliphatic carbocycles. The number of nitrogens with one attached hydrogen (secondary N) is 2. The summed E-state index contributed by atoms with van der Waals surface area (Å²) in [6.07, 6.45) is 1.00. The molecule has 0 saturated carbocycles. The van der Waals surface area contributed by atoms with E-state index in [0.717, 1.165) is 13.0 Å². The summed E-state index contributed by atoms with van der Waals surface area (Å²) in [5.41, 5.74) is 5.77. The first-order chi connectivity index (χ1) is 8.95. The average Bonchev–Trinajstić information content (AvgIpc) is 2.74. The zero-order valence-electron chi connectivity index (χ0n) is 12.0. The number of thiazole rings is 1. The van der Waals surface area contributed by atoms with E-state index in [1.54, 1.807) is 0 Å². The Labute approximate surface area is 118 Å². The van der Waals surface area contributed by atoms with Crippen molar-refractivity contribution in [3.05, 3.63) is 4.88 Å². The summed E-state index contributed by atoms with van der Waals surface area (Å²) in [5.74, 6) is 0.131. The van der Waals surface area contributed by atoms with Gasteiger partial charge in [-0.3, -0.25) is 4.79 Å². The number of hydrogen-bond donors (Lipinski definition) is 3. The van der Waals surface area contributed by atoms with Crippen LogP contribution in [0, 0.1) is 0 Å². The molecule has 108 valence electrons. The Balaban J connectivity index is 2.59. The van der Waals surface area contributed by atoms with Crippen LogP contribution in [-0.2, 0) is 0 Å². The molecule has 0 fully saturated rings. The molecule has 4 N–H and O–H groups in total. The maximum Gasteiger partial charge on any atom is 0.265 e. The Hall–Kier alpha value is -1.34. The van der Waals surface area contributed by atoms with E-state index in [2.05, 4.69) is 22.5 Å². The normalized spacial score (nSPS) is 12.5. The van der Waals surface area contributed by atoms with Crippen LogP contribution in [0.5, 0.6) is 0 Å². The van der Waals surface area contributed by atoms with Gasteiger partial charge in [0.1, 0.15) is 10.7 Å². The summed E-state index contributed by atoms with van der Waals surface area (Å²) < 4.78 is 0. The highest BCUT2D eigenvalue weighted by atomic mass is 32.1. The van der Waals surface area contributed by atoms with Crippen molar-refractivity contribution in [1.29, 1.82) is 0 Å². The molecular weight excluding hydrogens is 262 g/mol. The van der Waals surface area contributed by atoms with Crippen molar-refractivity contribution in [1.82, 2.24) is 15.2 Å². The van der Waals surface area contributed by atoms with Gasteiger partial charge in [-0.25, -0.2) is 4.98 Å². The third-order valence-corrected chi connectivity index (χ3v) is 3.85. The third-order valence-electron chi connectivity index (χ3n) is 2.83. The number of nitrogen functional groups attached to an aromatic ring is 1. The van der Waals surface area contributed by atoms with Crippen LogP contribution in [0.25, 0.3) is 0 Å². The predicted octanol–water partition coefficient (Wildman–Crippen LogP) is 1.23. The summed E-state index contributed by atoms with van der Waals surface area (Å²) in [5, 5.41) is 6.70. The van der Waals surface area contributed by atoms with E-state index in [4.69, 9.17) is 5.73 Å². The Bertz CT molecular complexity index is 418. The molecule has 1 atom stereocenters. The average molecular weight is 285 g/mol. The molecular formula is C12H23N5OS. The number of carbonyl (C=O) groups excluding carboxylic acids is 1. The van der Waals surface area contributed by atoms with Crippen LogP contribution in [0.1, 0.15) is 29.9 Å². The minimum absolute atomic E-state index is 0.159. The van der Waals surface area contributed by atoms with Gasteiger partial charge in [-0.2, -0.15) is 0 Å². The second kappa shape index (κ2) is 7.30. The molecule has 0 saturated heterocycles. The first-order valence-electron chi connectivity index (χ1n) is 6.40. The molecule has 1 unspecified atom stereocenters. The summed E-state index contributed by atoms with van der Waals surface area (Å²) in [7, 11) is 3.95. The number of nitrogens with zero attached hydrogens (tertiary/aromatic N) is 2. The van der Waals surface area contributed by atoms with Crippen LogP contribution in [-0.4, -0.2) is 49.0 Å². The monoisotopic (exact) mass is 285 g/mol. The lowest BCUT2D eigenvalue weighted by molar-refractivity contribution is 0.0948. The van der Waals surface area contributed by atoms with Gasteiger partial charge in [0.05, 0.1) is 0 Å². The minimum atomic E-state index is -0.159. The van der Waals surface area contributed by atoms with E-state index >= 15 is 0 Å². The van der Waals surface area contributed by atoms with Crippen LogP contribution < -0.4 is 16.4 Å². The van der Waals surface area contributed by atoms with Crippen LogP contribution in [0.15, 0.2) is 0 Å². The number of rotatable bonds is 7. The lowest BCUT2D eigenvalue weighted by Crippen LogP contribution is -2.38. The van der Waals surface area contributed by atoms with Gasteiger partial charge in [-0.1, -0.05) is 18.3 Å². The first kappa shape index (κ1) is 15.7. The summed E-state index contributed by atoms with van der Waals surface area (Å²) in [6, 6.07) is 0.274. The number of hydrogen-bond acceptors (Lipinski definition) is 6. The van der Waals surface area contributed by atoms with Gasteiger partial charge in [0.15, 0.2) is 5.13 Å². The quantitative estimate of drug-likeness (QED) is 0.702. The molecule has 0 aromatic carbocycles. The van der Waals surface area contributed by atoms with E-state index in [0.29, 0.717) is 22.4 Å². The fourth-order valence-electron chi connectivity index (χ4n) is 1.31. The molecule has 1 aromatic heterocycles. The number of amides is 1. The van der Waals surface area contributed by atoms with Crippen molar-refractivity contribution >= 4 is 28.2 Å². The van der Waals surface area contributed by atoms with Gasteiger partial charge >= 0.3 is 0 Å². The summed E-state index contributed by atoms with van der Waals surface area (Å²) in [4.78, 5) is 18.7. The van der Waals surface area contributed by atoms with Gasteiger partial charge in [0.25, 0.3) is 5.91 Å². The zero-order chi connectivity index (χ0) is 14.4. The number of anilines is 2. The minimum Gasteiger partial charge on any atom is -0.382 e. The fraction of sp³-hybridized carbons (Fsp3) is 0.667. The van der Waals surface area contributed by atoms with Crippen molar-refractivity contribution in [2.24, 2.45) is 0 Å². The molecule has 7 heteroatoms. The van der Waals surface area contributed by atoms with Gasteiger partial charge < -0.3 is 21.3 Å². The zero-order valence-corrected chi connectivity index (χ0v) is 12.8. The van der Waals surface area contributed by atoms with Gasteiger partial charge in [0, 0.05) is 19.1 Å². The highest BCUT2D eigenvalue weighted by molar-refractivity contribution is 7.18. The Morgan fingerprint density at radius 3 is 2.79 bits per heavy atom. The van der Waals surface area contributed by atoms with Crippen molar-refractivity contribution in [2.75, 3.05) is 38.2 Å². The molecule has 6 nitrogen and oxygen atoms in total. The van der Waals surface area contributed by atoms with Gasteiger partial charge in [-0.15, -0.1) is 0 Å². The van der Waals surface area contributed by atoms with Crippen molar-refractivity contribution in [3.63, 3.8) is 0 Å². The lowest BCUT2D eigenvalue weighted by atomic mass is 10.3. The smallest absolute Gasteiger partial charge is 0.265 e. The van der Waals surface area contributed by atoms with Crippen LogP contribution in [0.2, 0.25) is 0 Å². The Morgan fingerprint density at radius 2 is 2.21 bits per heavy atom. The van der Waals surface area contributed by atoms with Crippen LogP contribution in [0.4, 0.5) is 10.9 Å². The standard InChI is InChI=1S/C12H23N5OS/c1-5-6-14-12-16-10(13)9(19-12)11(18)15-7-8(2)17(3)4/h8H,5-7,13H2,1-4H3,(H,14,16)(H,15,18). The van der Waals surface area contributed by atoms with E-state index in [-0.39, 0.29) is 11.9 Å². The molecule has 1 heterocycles. The molecule has 0 aliphatic heterocycles. The maximum absolute atomic E-state index is 12.0. The largest absolute Gasteiger partial charge is 0.382 e. The molecule has 0 spiro atoms. The summed E-state index contributed by atoms with van der Waals surface area (Å²) in [6.45, 7) is 5.53. The topological polar surface area (TPSA) is 83.3 Å². The highest BCUT2D eigenvalue weighted by Gasteiger charge is 2.16. The number of carbonyl (C=O) groups is 1. The molecule has 0 aliphatic rings. The molecule has 0 radical (unpaired) electrons. The molecule has 1 amide bonds. The maximum atomic E-state index is 12.0. The lowest BCUT2D eigenvalue weighted by Gasteiger charge is -2.19. The van der Waals surface area contributed by atoms with E-state index in [1.165, 1.54) is 11.3 Å². The van der Waals surface area contributed by atoms with Crippen molar-refractivity contribution in [2.45, 2.75) is 26.3 Å². The predicted molar refractivity (Wildman–Crippen MR) is 80.8 cm³/mol. The molecule has 19 heavy (non-hydrogen) atoms. The Morgan fingerprint density at radius 1 is 1.53 bits per heavy atom. The SMILES string of the molecule is CCCNc1nc(N)c(C(=O)NCC(C)N(C)C)s1.